The van der Waals surface area contributed by atoms with Gasteiger partial charge in [-0.1, -0.05) is 6.07 Å². The number of nitrogens with zero attached hydrogens (tertiary/aromatic N) is 2. The van der Waals surface area contributed by atoms with Crippen molar-refractivity contribution in [1.29, 1.82) is 0 Å². The van der Waals surface area contributed by atoms with Gasteiger partial charge < -0.3 is 4.90 Å². The first kappa shape index (κ1) is 11.1. The van der Waals surface area contributed by atoms with Crippen molar-refractivity contribution in [3.8, 4) is 0 Å². The van der Waals surface area contributed by atoms with Crippen molar-refractivity contribution in [1.82, 2.24) is 9.88 Å². The van der Waals surface area contributed by atoms with Crippen molar-refractivity contribution in [3.05, 3.63) is 29.6 Å². The van der Waals surface area contributed by atoms with E-state index in [1.807, 2.05) is 30.0 Å². The van der Waals surface area contributed by atoms with E-state index in [1.54, 1.807) is 6.92 Å². The summed E-state index contributed by atoms with van der Waals surface area (Å²) in [5.41, 5.74) is 2.06. The van der Waals surface area contributed by atoms with E-state index >= 15 is 0 Å². The SMILES string of the molecule is CC(=O)N1CCCC[C@@H]1c1cccc(C)n1. The minimum Gasteiger partial charge on any atom is -0.334 e. The summed E-state index contributed by atoms with van der Waals surface area (Å²) in [5.74, 6) is 0.160. The molecule has 3 heteroatoms. The highest BCUT2D eigenvalue weighted by molar-refractivity contribution is 5.73. The zero-order valence-corrected chi connectivity index (χ0v) is 9.94. The van der Waals surface area contributed by atoms with Crippen LogP contribution in [0.5, 0.6) is 0 Å². The molecule has 2 heterocycles. The van der Waals surface area contributed by atoms with Crippen LogP contribution in [-0.2, 0) is 4.79 Å². The molecule has 0 spiro atoms. The molecule has 3 nitrogen and oxygen atoms in total. The lowest BCUT2D eigenvalue weighted by Crippen LogP contribution is -2.37. The molecule has 1 aromatic rings. The van der Waals surface area contributed by atoms with Crippen molar-refractivity contribution in [2.24, 2.45) is 0 Å². The molecule has 0 aliphatic carbocycles. The molecular formula is C13H18N2O. The van der Waals surface area contributed by atoms with Gasteiger partial charge in [0.1, 0.15) is 0 Å². The van der Waals surface area contributed by atoms with E-state index in [1.165, 1.54) is 6.42 Å². The number of aromatic nitrogens is 1. The van der Waals surface area contributed by atoms with Crippen LogP contribution in [0.2, 0.25) is 0 Å². The molecule has 1 aromatic heterocycles. The lowest BCUT2D eigenvalue weighted by Gasteiger charge is -2.34. The number of aryl methyl sites for hydroxylation is 1. The van der Waals surface area contributed by atoms with E-state index < -0.39 is 0 Å². The second-order valence-corrected chi connectivity index (χ2v) is 4.43. The van der Waals surface area contributed by atoms with Crippen LogP contribution in [0.4, 0.5) is 0 Å². The normalized spacial score (nSPS) is 20.9. The van der Waals surface area contributed by atoms with Gasteiger partial charge in [-0.3, -0.25) is 9.78 Å². The molecule has 1 fully saturated rings. The number of carbonyl (C=O) groups excluding carboxylic acids is 1. The Morgan fingerprint density at radius 3 is 2.94 bits per heavy atom. The number of likely N-dealkylation sites (tertiary alicyclic amines) is 1. The van der Waals surface area contributed by atoms with E-state index in [0.717, 1.165) is 30.8 Å². The standard InChI is InChI=1S/C13H18N2O/c1-10-6-5-7-12(14-10)13-8-3-4-9-15(13)11(2)16/h5-7,13H,3-4,8-9H2,1-2H3/t13-/m1/s1. The molecule has 1 aliphatic heterocycles. The second-order valence-electron chi connectivity index (χ2n) is 4.43. The van der Waals surface area contributed by atoms with Gasteiger partial charge >= 0.3 is 0 Å². The summed E-state index contributed by atoms with van der Waals surface area (Å²) in [6.45, 7) is 4.51. The Balaban J connectivity index is 2.26. The van der Waals surface area contributed by atoms with Gasteiger partial charge in [0.2, 0.25) is 5.91 Å². The fourth-order valence-corrected chi connectivity index (χ4v) is 2.37. The van der Waals surface area contributed by atoms with Crippen LogP contribution in [0, 0.1) is 6.92 Å². The summed E-state index contributed by atoms with van der Waals surface area (Å²) in [6, 6.07) is 6.22. The number of piperidine rings is 1. The van der Waals surface area contributed by atoms with Gasteiger partial charge in [-0.05, 0) is 38.3 Å². The molecule has 0 N–H and O–H groups in total. The lowest BCUT2D eigenvalue weighted by molar-refractivity contribution is -0.132. The summed E-state index contributed by atoms with van der Waals surface area (Å²) in [5, 5.41) is 0. The monoisotopic (exact) mass is 218 g/mol. The van der Waals surface area contributed by atoms with Crippen LogP contribution in [0.1, 0.15) is 43.6 Å². The highest BCUT2D eigenvalue weighted by Gasteiger charge is 2.26. The Hall–Kier alpha value is -1.38. The van der Waals surface area contributed by atoms with Crippen molar-refractivity contribution in [3.63, 3.8) is 0 Å². The maximum Gasteiger partial charge on any atom is 0.220 e. The number of rotatable bonds is 1. The number of hydrogen-bond acceptors (Lipinski definition) is 2. The molecule has 0 saturated carbocycles. The Kier molecular flexibility index (Phi) is 3.22. The molecule has 1 aliphatic rings. The predicted molar refractivity (Wildman–Crippen MR) is 63.0 cm³/mol. The minimum absolute atomic E-state index is 0.160. The highest BCUT2D eigenvalue weighted by Crippen LogP contribution is 2.29. The molecule has 2 rings (SSSR count). The van der Waals surface area contributed by atoms with Crippen LogP contribution < -0.4 is 0 Å². The summed E-state index contributed by atoms with van der Waals surface area (Å²) in [4.78, 5) is 18.1. The minimum atomic E-state index is 0.160. The second kappa shape index (κ2) is 4.64. The van der Waals surface area contributed by atoms with E-state index in [9.17, 15) is 4.79 Å². The first-order valence-electron chi connectivity index (χ1n) is 5.89. The van der Waals surface area contributed by atoms with Crippen molar-refractivity contribution in [2.45, 2.75) is 39.2 Å². The van der Waals surface area contributed by atoms with Crippen LogP contribution in [0.15, 0.2) is 18.2 Å². The number of amides is 1. The fraction of sp³-hybridized carbons (Fsp3) is 0.538. The van der Waals surface area contributed by atoms with Gasteiger partial charge in [0.15, 0.2) is 0 Å². The van der Waals surface area contributed by atoms with Gasteiger partial charge in [0.05, 0.1) is 11.7 Å². The molecular weight excluding hydrogens is 200 g/mol. The quantitative estimate of drug-likeness (QED) is 0.725. The van der Waals surface area contributed by atoms with Crippen molar-refractivity contribution in [2.75, 3.05) is 6.54 Å². The Morgan fingerprint density at radius 2 is 2.25 bits per heavy atom. The van der Waals surface area contributed by atoms with Gasteiger partial charge in [-0.15, -0.1) is 0 Å². The predicted octanol–water partition coefficient (Wildman–Crippen LogP) is 2.46. The van der Waals surface area contributed by atoms with E-state index in [2.05, 4.69) is 4.98 Å². The summed E-state index contributed by atoms with van der Waals surface area (Å²) in [6.07, 6.45) is 3.34. The largest absolute Gasteiger partial charge is 0.334 e. The molecule has 1 amide bonds. The molecule has 16 heavy (non-hydrogen) atoms. The zero-order chi connectivity index (χ0) is 11.5. The third-order valence-corrected chi connectivity index (χ3v) is 3.16. The lowest BCUT2D eigenvalue weighted by atomic mass is 9.98. The van der Waals surface area contributed by atoms with Gasteiger partial charge in [0.25, 0.3) is 0 Å². The van der Waals surface area contributed by atoms with Gasteiger partial charge in [-0.2, -0.15) is 0 Å². The maximum absolute atomic E-state index is 11.6. The molecule has 0 unspecified atom stereocenters. The third-order valence-electron chi connectivity index (χ3n) is 3.16. The average Bonchev–Trinajstić information content (AvgIpc) is 2.29. The number of pyridine rings is 1. The molecule has 86 valence electrons. The smallest absolute Gasteiger partial charge is 0.220 e. The molecule has 1 saturated heterocycles. The number of carbonyl (C=O) groups is 1. The zero-order valence-electron chi connectivity index (χ0n) is 9.94. The van der Waals surface area contributed by atoms with E-state index in [-0.39, 0.29) is 11.9 Å². The topological polar surface area (TPSA) is 33.2 Å². The molecule has 1 atom stereocenters. The van der Waals surface area contributed by atoms with Gasteiger partial charge in [0, 0.05) is 19.2 Å². The van der Waals surface area contributed by atoms with E-state index in [0.29, 0.717) is 0 Å². The van der Waals surface area contributed by atoms with Crippen molar-refractivity contribution < 1.29 is 4.79 Å². The van der Waals surface area contributed by atoms with Crippen LogP contribution in [-0.4, -0.2) is 22.3 Å². The molecule has 0 aromatic carbocycles. The fourth-order valence-electron chi connectivity index (χ4n) is 2.37. The van der Waals surface area contributed by atoms with Crippen LogP contribution in [0.25, 0.3) is 0 Å². The van der Waals surface area contributed by atoms with Crippen LogP contribution >= 0.6 is 0 Å². The first-order chi connectivity index (χ1) is 7.68. The Morgan fingerprint density at radius 1 is 1.44 bits per heavy atom. The Bertz CT molecular complexity index is 389. The first-order valence-corrected chi connectivity index (χ1v) is 5.89. The molecule has 0 radical (unpaired) electrons. The summed E-state index contributed by atoms with van der Waals surface area (Å²) in [7, 11) is 0. The number of hydrogen-bond donors (Lipinski definition) is 0. The summed E-state index contributed by atoms with van der Waals surface area (Å²) < 4.78 is 0. The van der Waals surface area contributed by atoms with E-state index in [4.69, 9.17) is 0 Å². The molecule has 0 bridgehead atoms. The summed E-state index contributed by atoms with van der Waals surface area (Å²) >= 11 is 0. The van der Waals surface area contributed by atoms with Crippen LogP contribution in [0.3, 0.4) is 0 Å². The van der Waals surface area contributed by atoms with Crippen molar-refractivity contribution >= 4 is 5.91 Å². The van der Waals surface area contributed by atoms with Gasteiger partial charge in [-0.25, -0.2) is 0 Å². The third kappa shape index (κ3) is 2.23. The average molecular weight is 218 g/mol. The maximum atomic E-state index is 11.6. The highest BCUT2D eigenvalue weighted by atomic mass is 16.2. The Labute approximate surface area is 96.5 Å².